The first-order chi connectivity index (χ1) is 9.74. The smallest absolute Gasteiger partial charge is 0.222 e. The number of rotatable bonds is 7. The van der Waals surface area contributed by atoms with Crippen molar-refractivity contribution in [2.75, 3.05) is 26.2 Å². The van der Waals surface area contributed by atoms with Gasteiger partial charge in [-0.15, -0.1) is 0 Å². The zero-order valence-electron chi connectivity index (χ0n) is 12.1. The predicted molar refractivity (Wildman–Crippen MR) is 76.4 cm³/mol. The number of aromatic nitrogens is 2. The van der Waals surface area contributed by atoms with Crippen LogP contribution in [0, 0.1) is 6.92 Å². The van der Waals surface area contributed by atoms with Gasteiger partial charge in [0.15, 0.2) is 0 Å². The lowest BCUT2D eigenvalue weighted by Gasteiger charge is -2.22. The molecule has 0 unspecified atom stereocenters. The molecule has 6 nitrogen and oxygen atoms in total. The van der Waals surface area contributed by atoms with E-state index in [1.165, 1.54) is 0 Å². The highest BCUT2D eigenvalue weighted by Gasteiger charge is 2.13. The molecular weight excluding hydrogens is 256 g/mol. The molecule has 0 atom stereocenters. The standard InChI is InChI=1S/C14H24N4O2/c1-12-10-17-18(11-12)8-7-16-14(19)4-9-20-13-2-5-15-6-3-13/h10-11,13,15H,2-9H2,1H3,(H,16,19). The van der Waals surface area contributed by atoms with Gasteiger partial charge in [-0.1, -0.05) is 0 Å². The van der Waals surface area contributed by atoms with Crippen molar-refractivity contribution in [1.29, 1.82) is 0 Å². The summed E-state index contributed by atoms with van der Waals surface area (Å²) in [7, 11) is 0. The summed E-state index contributed by atoms with van der Waals surface area (Å²) in [5, 5.41) is 10.3. The van der Waals surface area contributed by atoms with E-state index in [1.807, 2.05) is 24.0 Å². The summed E-state index contributed by atoms with van der Waals surface area (Å²) in [6.45, 7) is 5.85. The SMILES string of the molecule is Cc1cnn(CCNC(=O)CCOC2CCNCC2)c1. The molecular formula is C14H24N4O2. The largest absolute Gasteiger partial charge is 0.378 e. The van der Waals surface area contributed by atoms with Gasteiger partial charge in [-0.25, -0.2) is 0 Å². The number of hydrogen-bond acceptors (Lipinski definition) is 4. The average Bonchev–Trinajstić information content (AvgIpc) is 2.86. The minimum absolute atomic E-state index is 0.0443. The first-order valence-electron chi connectivity index (χ1n) is 7.32. The summed E-state index contributed by atoms with van der Waals surface area (Å²) in [6, 6.07) is 0. The summed E-state index contributed by atoms with van der Waals surface area (Å²) < 4.78 is 7.54. The van der Waals surface area contributed by atoms with Gasteiger partial charge in [-0.3, -0.25) is 9.48 Å². The van der Waals surface area contributed by atoms with Crippen molar-refractivity contribution in [1.82, 2.24) is 20.4 Å². The van der Waals surface area contributed by atoms with Crippen LogP contribution >= 0.6 is 0 Å². The second-order valence-corrected chi connectivity index (χ2v) is 5.20. The van der Waals surface area contributed by atoms with Crippen LogP contribution in [-0.4, -0.2) is 48.0 Å². The highest BCUT2D eigenvalue weighted by molar-refractivity contribution is 5.75. The van der Waals surface area contributed by atoms with E-state index in [2.05, 4.69) is 15.7 Å². The molecule has 112 valence electrons. The second kappa shape index (κ2) is 8.01. The molecule has 1 aliphatic heterocycles. The molecule has 1 aromatic rings. The molecule has 1 aromatic heterocycles. The molecule has 2 heterocycles. The van der Waals surface area contributed by atoms with Crippen molar-refractivity contribution in [3.63, 3.8) is 0 Å². The van der Waals surface area contributed by atoms with Gasteiger partial charge in [0.1, 0.15) is 0 Å². The number of aryl methyl sites for hydroxylation is 1. The van der Waals surface area contributed by atoms with E-state index < -0.39 is 0 Å². The Labute approximate surface area is 119 Å². The van der Waals surface area contributed by atoms with Crippen LogP contribution < -0.4 is 10.6 Å². The third-order valence-electron chi connectivity index (χ3n) is 3.39. The van der Waals surface area contributed by atoms with Crippen LogP contribution in [0.2, 0.25) is 0 Å². The van der Waals surface area contributed by atoms with E-state index in [-0.39, 0.29) is 5.91 Å². The Morgan fingerprint density at radius 3 is 3.05 bits per heavy atom. The quantitative estimate of drug-likeness (QED) is 0.762. The normalized spacial score (nSPS) is 16.2. The van der Waals surface area contributed by atoms with Crippen LogP contribution in [0.25, 0.3) is 0 Å². The van der Waals surface area contributed by atoms with E-state index in [0.29, 0.717) is 32.2 Å². The van der Waals surface area contributed by atoms with Crippen molar-refractivity contribution in [2.24, 2.45) is 0 Å². The Morgan fingerprint density at radius 1 is 1.55 bits per heavy atom. The summed E-state index contributed by atoms with van der Waals surface area (Å²) in [5.74, 6) is 0.0443. The van der Waals surface area contributed by atoms with Crippen LogP contribution in [0.4, 0.5) is 0 Å². The lowest BCUT2D eigenvalue weighted by atomic mass is 10.1. The Bertz CT molecular complexity index is 413. The van der Waals surface area contributed by atoms with Gasteiger partial charge in [-0.05, 0) is 38.4 Å². The van der Waals surface area contributed by atoms with Gasteiger partial charge >= 0.3 is 0 Å². The van der Waals surface area contributed by atoms with Crippen molar-refractivity contribution in [2.45, 2.75) is 38.8 Å². The summed E-state index contributed by atoms with van der Waals surface area (Å²) in [4.78, 5) is 11.6. The number of carbonyl (C=O) groups excluding carboxylic acids is 1. The van der Waals surface area contributed by atoms with Crippen molar-refractivity contribution in [3.8, 4) is 0 Å². The maximum atomic E-state index is 11.6. The number of piperidine rings is 1. The monoisotopic (exact) mass is 280 g/mol. The van der Waals surface area contributed by atoms with Crippen LogP contribution in [0.15, 0.2) is 12.4 Å². The van der Waals surface area contributed by atoms with Gasteiger partial charge in [0, 0.05) is 19.2 Å². The molecule has 1 amide bonds. The molecule has 0 spiro atoms. The molecule has 0 aromatic carbocycles. The molecule has 2 N–H and O–H groups in total. The first kappa shape index (κ1) is 15.0. The summed E-state index contributed by atoms with van der Waals surface area (Å²) in [5.41, 5.74) is 1.13. The van der Waals surface area contributed by atoms with Crippen LogP contribution in [-0.2, 0) is 16.1 Å². The number of carbonyl (C=O) groups is 1. The van der Waals surface area contributed by atoms with Crippen LogP contribution in [0.3, 0.4) is 0 Å². The number of nitrogens with zero attached hydrogens (tertiary/aromatic N) is 2. The van der Waals surface area contributed by atoms with Crippen molar-refractivity contribution < 1.29 is 9.53 Å². The third-order valence-corrected chi connectivity index (χ3v) is 3.39. The maximum Gasteiger partial charge on any atom is 0.222 e. The molecule has 1 fully saturated rings. The van der Waals surface area contributed by atoms with Crippen molar-refractivity contribution in [3.05, 3.63) is 18.0 Å². The number of amides is 1. The van der Waals surface area contributed by atoms with Crippen LogP contribution in [0.1, 0.15) is 24.8 Å². The minimum Gasteiger partial charge on any atom is -0.378 e. The average molecular weight is 280 g/mol. The lowest BCUT2D eigenvalue weighted by Crippen LogP contribution is -2.33. The molecule has 20 heavy (non-hydrogen) atoms. The van der Waals surface area contributed by atoms with Gasteiger partial charge in [-0.2, -0.15) is 5.10 Å². The molecule has 6 heteroatoms. The zero-order valence-corrected chi connectivity index (χ0v) is 12.1. The molecule has 0 saturated carbocycles. The van der Waals surface area contributed by atoms with Gasteiger partial charge in [0.25, 0.3) is 0 Å². The Hall–Kier alpha value is -1.40. The van der Waals surface area contributed by atoms with E-state index in [1.54, 1.807) is 0 Å². The van der Waals surface area contributed by atoms with Crippen molar-refractivity contribution >= 4 is 5.91 Å². The molecule has 0 bridgehead atoms. The van der Waals surface area contributed by atoms with Crippen LogP contribution in [0.5, 0.6) is 0 Å². The first-order valence-corrected chi connectivity index (χ1v) is 7.32. The van der Waals surface area contributed by atoms with E-state index in [4.69, 9.17) is 4.74 Å². The Kier molecular flexibility index (Phi) is 6.01. The van der Waals surface area contributed by atoms with Gasteiger partial charge < -0.3 is 15.4 Å². The second-order valence-electron chi connectivity index (χ2n) is 5.20. The minimum atomic E-state index is 0.0443. The summed E-state index contributed by atoms with van der Waals surface area (Å²) >= 11 is 0. The summed E-state index contributed by atoms with van der Waals surface area (Å²) in [6.07, 6.45) is 6.61. The third kappa shape index (κ3) is 5.30. The highest BCUT2D eigenvalue weighted by atomic mass is 16.5. The number of nitrogens with one attached hydrogen (secondary N) is 2. The van der Waals surface area contributed by atoms with E-state index >= 15 is 0 Å². The Morgan fingerprint density at radius 2 is 2.35 bits per heavy atom. The number of ether oxygens (including phenoxy) is 1. The van der Waals surface area contributed by atoms with E-state index in [0.717, 1.165) is 31.5 Å². The van der Waals surface area contributed by atoms with Gasteiger partial charge in [0.05, 0.1) is 25.5 Å². The highest BCUT2D eigenvalue weighted by Crippen LogP contribution is 2.07. The Balaban J connectivity index is 1.51. The predicted octanol–water partition coefficient (Wildman–Crippen LogP) is 0.466. The fraction of sp³-hybridized carbons (Fsp3) is 0.714. The maximum absolute atomic E-state index is 11.6. The fourth-order valence-corrected chi connectivity index (χ4v) is 2.27. The molecule has 0 aliphatic carbocycles. The number of hydrogen-bond donors (Lipinski definition) is 2. The molecule has 0 radical (unpaired) electrons. The molecule has 1 aliphatic rings. The molecule has 2 rings (SSSR count). The topological polar surface area (TPSA) is 68.2 Å². The zero-order chi connectivity index (χ0) is 14.2. The lowest BCUT2D eigenvalue weighted by molar-refractivity contribution is -0.122. The van der Waals surface area contributed by atoms with E-state index in [9.17, 15) is 4.79 Å². The fourth-order valence-electron chi connectivity index (χ4n) is 2.27. The molecule has 1 saturated heterocycles. The van der Waals surface area contributed by atoms with Gasteiger partial charge in [0.2, 0.25) is 5.91 Å².